The highest BCUT2D eigenvalue weighted by molar-refractivity contribution is 5.94. The smallest absolute Gasteiger partial charge is 0.338 e. The molecule has 0 radical (unpaired) electrons. The Bertz CT molecular complexity index is 776. The molecule has 0 fully saturated rings. The van der Waals surface area contributed by atoms with Gasteiger partial charge in [-0.3, -0.25) is 0 Å². The van der Waals surface area contributed by atoms with Crippen LogP contribution in [0.25, 0.3) is 0 Å². The van der Waals surface area contributed by atoms with Crippen molar-refractivity contribution < 1.29 is 18.7 Å². The monoisotopic (exact) mass is 330 g/mol. The van der Waals surface area contributed by atoms with E-state index in [1.807, 2.05) is 0 Å². The molecule has 1 atom stereocenters. The van der Waals surface area contributed by atoms with Crippen LogP contribution in [0.1, 0.15) is 24.5 Å². The molecule has 126 valence electrons. The lowest BCUT2D eigenvalue weighted by Crippen LogP contribution is -2.46. The Morgan fingerprint density at radius 1 is 1.46 bits per heavy atom. The van der Waals surface area contributed by atoms with E-state index < -0.39 is 18.0 Å². The Balaban J connectivity index is 2.04. The number of carbonyl (C=O) groups is 2. The molecule has 3 rings (SSSR count). The summed E-state index contributed by atoms with van der Waals surface area (Å²) in [4.78, 5) is 28.5. The van der Waals surface area contributed by atoms with Crippen molar-refractivity contribution in [1.82, 2.24) is 20.2 Å². The van der Waals surface area contributed by atoms with Gasteiger partial charge >= 0.3 is 12.0 Å². The van der Waals surface area contributed by atoms with Gasteiger partial charge < -0.3 is 24.4 Å². The van der Waals surface area contributed by atoms with Crippen molar-refractivity contribution in [2.45, 2.75) is 26.4 Å². The lowest BCUT2D eigenvalue weighted by molar-refractivity contribution is -0.139. The molecule has 3 heterocycles. The molecule has 24 heavy (non-hydrogen) atoms. The van der Waals surface area contributed by atoms with E-state index >= 15 is 0 Å². The van der Waals surface area contributed by atoms with E-state index in [4.69, 9.17) is 9.15 Å². The Kier molecular flexibility index (Phi) is 4.37. The SMILES string of the molecule is CCOC(=O)C1=C(Cn2ccnc2)NC(=O)NC1c1ccc(C)o1. The van der Waals surface area contributed by atoms with Crippen LogP contribution in [-0.2, 0) is 16.1 Å². The van der Waals surface area contributed by atoms with Gasteiger partial charge in [-0.05, 0) is 26.0 Å². The van der Waals surface area contributed by atoms with E-state index in [9.17, 15) is 9.59 Å². The number of hydrogen-bond acceptors (Lipinski definition) is 5. The molecule has 0 aromatic carbocycles. The second-order valence-electron chi connectivity index (χ2n) is 5.33. The summed E-state index contributed by atoms with van der Waals surface area (Å²) >= 11 is 0. The van der Waals surface area contributed by atoms with Crippen molar-refractivity contribution >= 4 is 12.0 Å². The molecule has 0 aliphatic carbocycles. The molecule has 2 amide bonds. The van der Waals surface area contributed by atoms with Gasteiger partial charge in [-0.1, -0.05) is 0 Å². The quantitative estimate of drug-likeness (QED) is 0.812. The number of allylic oxidation sites excluding steroid dienone is 1. The molecule has 2 aromatic rings. The average molecular weight is 330 g/mol. The van der Waals surface area contributed by atoms with E-state index in [0.29, 0.717) is 22.8 Å². The largest absolute Gasteiger partial charge is 0.464 e. The number of rotatable bonds is 5. The highest BCUT2D eigenvalue weighted by atomic mass is 16.5. The van der Waals surface area contributed by atoms with E-state index in [-0.39, 0.29) is 13.2 Å². The number of nitrogens with zero attached hydrogens (tertiary/aromatic N) is 2. The van der Waals surface area contributed by atoms with Crippen molar-refractivity contribution in [3.63, 3.8) is 0 Å². The molecule has 1 aliphatic rings. The third-order valence-corrected chi connectivity index (χ3v) is 3.59. The predicted octanol–water partition coefficient (Wildman–Crippen LogP) is 1.66. The van der Waals surface area contributed by atoms with Crippen LogP contribution >= 0.6 is 0 Å². The van der Waals surface area contributed by atoms with Gasteiger partial charge in [0.25, 0.3) is 0 Å². The highest BCUT2D eigenvalue weighted by Gasteiger charge is 2.35. The number of nitrogens with one attached hydrogen (secondary N) is 2. The summed E-state index contributed by atoms with van der Waals surface area (Å²) in [7, 11) is 0. The number of imidazole rings is 1. The number of amides is 2. The molecule has 1 aliphatic heterocycles. The molecule has 2 aromatic heterocycles. The molecule has 0 bridgehead atoms. The van der Waals surface area contributed by atoms with Gasteiger partial charge in [-0.25, -0.2) is 14.6 Å². The number of aromatic nitrogens is 2. The van der Waals surface area contributed by atoms with Gasteiger partial charge in [0.05, 0.1) is 30.7 Å². The Morgan fingerprint density at radius 2 is 2.29 bits per heavy atom. The molecule has 2 N–H and O–H groups in total. The maximum atomic E-state index is 12.5. The van der Waals surface area contributed by atoms with Gasteiger partial charge in [-0.15, -0.1) is 0 Å². The lowest BCUT2D eigenvalue weighted by atomic mass is 10.00. The normalized spacial score (nSPS) is 17.4. The fraction of sp³-hybridized carbons (Fsp3) is 0.312. The van der Waals surface area contributed by atoms with Crippen molar-refractivity contribution in [1.29, 1.82) is 0 Å². The zero-order valence-electron chi connectivity index (χ0n) is 13.4. The van der Waals surface area contributed by atoms with Crippen LogP contribution in [0, 0.1) is 6.92 Å². The van der Waals surface area contributed by atoms with E-state index in [1.165, 1.54) is 0 Å². The molecule has 8 heteroatoms. The first kappa shape index (κ1) is 15.9. The maximum Gasteiger partial charge on any atom is 0.338 e. The first-order chi connectivity index (χ1) is 11.6. The van der Waals surface area contributed by atoms with Crippen LogP contribution in [0.3, 0.4) is 0 Å². The number of furan rings is 1. The fourth-order valence-electron chi connectivity index (χ4n) is 2.58. The fourth-order valence-corrected chi connectivity index (χ4v) is 2.58. The van der Waals surface area contributed by atoms with Crippen LogP contribution in [-0.4, -0.2) is 28.2 Å². The summed E-state index contributed by atoms with van der Waals surface area (Å²) in [5.41, 5.74) is 0.772. The number of carbonyl (C=O) groups excluding carboxylic acids is 2. The summed E-state index contributed by atoms with van der Waals surface area (Å²) in [5, 5.41) is 5.41. The molecule has 1 unspecified atom stereocenters. The van der Waals surface area contributed by atoms with E-state index in [2.05, 4.69) is 15.6 Å². The lowest BCUT2D eigenvalue weighted by Gasteiger charge is -2.28. The number of urea groups is 1. The van der Waals surface area contributed by atoms with Crippen LogP contribution in [0.4, 0.5) is 4.79 Å². The van der Waals surface area contributed by atoms with E-state index in [1.54, 1.807) is 49.3 Å². The summed E-state index contributed by atoms with van der Waals surface area (Å²) in [6.07, 6.45) is 4.98. The first-order valence-electron chi connectivity index (χ1n) is 7.58. The molecule has 0 saturated heterocycles. The third-order valence-electron chi connectivity index (χ3n) is 3.59. The molecular weight excluding hydrogens is 312 g/mol. The number of aryl methyl sites for hydroxylation is 1. The van der Waals surface area contributed by atoms with E-state index in [0.717, 1.165) is 0 Å². The maximum absolute atomic E-state index is 12.5. The minimum Gasteiger partial charge on any atom is -0.464 e. The van der Waals surface area contributed by atoms with Crippen LogP contribution in [0.2, 0.25) is 0 Å². The van der Waals surface area contributed by atoms with Crippen molar-refractivity contribution in [3.8, 4) is 0 Å². The number of esters is 1. The zero-order valence-corrected chi connectivity index (χ0v) is 13.4. The van der Waals surface area contributed by atoms with Gasteiger partial charge in [0.1, 0.15) is 17.6 Å². The predicted molar refractivity (Wildman–Crippen MR) is 83.7 cm³/mol. The Morgan fingerprint density at radius 3 is 2.92 bits per heavy atom. The molecule has 0 spiro atoms. The summed E-state index contributed by atoms with van der Waals surface area (Å²) in [5.74, 6) is 0.671. The van der Waals surface area contributed by atoms with Crippen molar-refractivity contribution in [2.24, 2.45) is 0 Å². The summed E-state index contributed by atoms with van der Waals surface area (Å²) < 4.78 is 12.5. The van der Waals surface area contributed by atoms with Gasteiger partial charge in [0.15, 0.2) is 0 Å². The topological polar surface area (TPSA) is 98.4 Å². The Hall–Kier alpha value is -3.03. The average Bonchev–Trinajstić information content (AvgIpc) is 3.18. The first-order valence-corrected chi connectivity index (χ1v) is 7.58. The number of ether oxygens (including phenoxy) is 1. The molecular formula is C16H18N4O4. The minimum atomic E-state index is -0.704. The van der Waals surface area contributed by atoms with Gasteiger partial charge in [0.2, 0.25) is 0 Å². The van der Waals surface area contributed by atoms with Crippen LogP contribution in [0.15, 0.2) is 46.5 Å². The van der Waals surface area contributed by atoms with Gasteiger partial charge in [-0.2, -0.15) is 0 Å². The zero-order chi connectivity index (χ0) is 17.1. The Labute approximate surface area is 138 Å². The second kappa shape index (κ2) is 6.61. The van der Waals surface area contributed by atoms with Crippen molar-refractivity contribution in [3.05, 3.63) is 53.6 Å². The summed E-state index contributed by atoms with van der Waals surface area (Å²) in [6, 6.07) is 2.41. The summed E-state index contributed by atoms with van der Waals surface area (Å²) in [6.45, 7) is 4.05. The van der Waals surface area contributed by atoms with Crippen LogP contribution in [0.5, 0.6) is 0 Å². The molecule has 0 saturated carbocycles. The minimum absolute atomic E-state index is 0.235. The molecule has 8 nitrogen and oxygen atoms in total. The standard InChI is InChI=1S/C16H18N4O4/c1-3-23-15(21)13-11(8-20-7-6-17-9-20)18-16(22)19-14(13)12-5-4-10(2)24-12/h4-7,9,14H,3,8H2,1-2H3,(H2,18,19,22). The highest BCUT2D eigenvalue weighted by Crippen LogP contribution is 2.29. The number of hydrogen-bond donors (Lipinski definition) is 2. The van der Waals surface area contributed by atoms with Crippen molar-refractivity contribution in [2.75, 3.05) is 6.61 Å². The van der Waals surface area contributed by atoms with Gasteiger partial charge in [0, 0.05) is 12.4 Å². The third kappa shape index (κ3) is 3.17. The second-order valence-corrected chi connectivity index (χ2v) is 5.33. The van der Waals surface area contributed by atoms with Crippen LogP contribution < -0.4 is 10.6 Å².